The molecule has 1 heterocycles. The zero-order valence-electron chi connectivity index (χ0n) is 21.8. The summed E-state index contributed by atoms with van der Waals surface area (Å²) >= 11 is 0. The molecule has 0 atom stereocenters. The highest BCUT2D eigenvalue weighted by atomic mass is 32.2. The molecule has 0 aliphatic heterocycles. The number of aryl methyl sites for hydroxylation is 1. The number of amidine groups is 1. The molecule has 3 N–H and O–H groups in total. The topological polar surface area (TPSA) is 141 Å². The number of aromatic nitrogens is 2. The molecule has 1 aromatic heterocycles. The number of nitrogens with zero attached hydrogens (tertiary/aromatic N) is 3. The fourth-order valence-electron chi connectivity index (χ4n) is 4.11. The molecule has 11 heteroatoms. The van der Waals surface area contributed by atoms with Gasteiger partial charge in [-0.2, -0.15) is 0 Å². The number of rotatable bonds is 12. The molecule has 0 saturated carbocycles. The Labute approximate surface area is 227 Å². The Balaban J connectivity index is 1.57. The first-order chi connectivity index (χ1) is 18.7. The molecule has 0 aliphatic carbocycles. The van der Waals surface area contributed by atoms with Gasteiger partial charge < -0.3 is 19.8 Å². The third kappa shape index (κ3) is 6.37. The fourth-order valence-corrected chi connectivity index (χ4v) is 5.63. The number of carbonyl (C=O) groups excluding carboxylic acids is 1. The average molecular weight is 550 g/mol. The minimum atomic E-state index is -3.95. The number of hydrogen-bond acceptors (Lipinski definition) is 7. The number of sulfonamides is 1. The van der Waals surface area contributed by atoms with Crippen molar-refractivity contribution >= 4 is 38.5 Å². The molecule has 10 nitrogen and oxygen atoms in total. The second kappa shape index (κ2) is 12.0. The van der Waals surface area contributed by atoms with E-state index in [2.05, 4.69) is 4.98 Å². The Morgan fingerprint density at radius 2 is 1.79 bits per heavy atom. The highest BCUT2D eigenvalue weighted by Crippen LogP contribution is 2.27. The number of esters is 1. The van der Waals surface area contributed by atoms with Gasteiger partial charge in [-0.25, -0.2) is 13.4 Å². The van der Waals surface area contributed by atoms with E-state index in [-0.39, 0.29) is 42.9 Å². The third-order valence-corrected chi connectivity index (χ3v) is 7.98. The van der Waals surface area contributed by atoms with Crippen LogP contribution in [0, 0.1) is 5.41 Å². The number of benzene rings is 3. The molecule has 3 aromatic carbocycles. The lowest BCUT2D eigenvalue weighted by atomic mass is 10.2. The maximum Gasteiger partial charge on any atom is 0.305 e. The first kappa shape index (κ1) is 27.6. The predicted octanol–water partition coefficient (Wildman–Crippen LogP) is 3.97. The number of imidazole rings is 1. The van der Waals surface area contributed by atoms with E-state index in [0.29, 0.717) is 34.8 Å². The van der Waals surface area contributed by atoms with Crippen LogP contribution in [0.1, 0.15) is 31.2 Å². The van der Waals surface area contributed by atoms with E-state index < -0.39 is 10.0 Å². The number of nitrogens with one attached hydrogen (secondary N) is 1. The van der Waals surface area contributed by atoms with Crippen LogP contribution in [-0.2, 0) is 33.2 Å². The molecule has 0 amide bonds. The van der Waals surface area contributed by atoms with Gasteiger partial charge in [0, 0.05) is 25.6 Å². The lowest BCUT2D eigenvalue weighted by Crippen LogP contribution is -2.32. The van der Waals surface area contributed by atoms with E-state index >= 15 is 0 Å². The molecule has 4 aromatic rings. The smallest absolute Gasteiger partial charge is 0.305 e. The molecular formula is C28H31N5O5S. The minimum absolute atomic E-state index is 0.0208. The Hall–Kier alpha value is -4.38. The van der Waals surface area contributed by atoms with Crippen molar-refractivity contribution in [2.24, 2.45) is 12.8 Å². The predicted molar refractivity (Wildman–Crippen MR) is 149 cm³/mol. The molecule has 39 heavy (non-hydrogen) atoms. The first-order valence-electron chi connectivity index (χ1n) is 12.5. The van der Waals surface area contributed by atoms with Gasteiger partial charge in [-0.15, -0.1) is 0 Å². The van der Waals surface area contributed by atoms with E-state index in [1.807, 2.05) is 17.7 Å². The Morgan fingerprint density at radius 3 is 2.46 bits per heavy atom. The highest BCUT2D eigenvalue weighted by molar-refractivity contribution is 7.92. The van der Waals surface area contributed by atoms with Crippen LogP contribution in [-0.4, -0.2) is 42.9 Å². The normalized spacial score (nSPS) is 11.3. The van der Waals surface area contributed by atoms with Crippen LogP contribution >= 0.6 is 0 Å². The van der Waals surface area contributed by atoms with Gasteiger partial charge in [-0.1, -0.05) is 18.2 Å². The van der Waals surface area contributed by atoms with Gasteiger partial charge in [0.1, 0.15) is 24.0 Å². The zero-order valence-corrected chi connectivity index (χ0v) is 22.6. The monoisotopic (exact) mass is 549 g/mol. The molecule has 0 spiro atoms. The van der Waals surface area contributed by atoms with Crippen molar-refractivity contribution in [2.75, 3.05) is 17.5 Å². The standard InChI is InChI=1S/C28H31N5O5S/c1-3-37-27(34)10-7-17-33(21-8-5-4-6-9-21)39(35,36)23-15-16-25-24(18-23)31-26(32(25)2)19-38-22-13-11-20(12-14-22)28(29)30/h4-6,8-9,11-16,18H,3,7,10,17,19H2,1-2H3,(H3,29,30). The summed E-state index contributed by atoms with van der Waals surface area (Å²) in [5.74, 6) is 0.830. The molecule has 0 aliphatic rings. The summed E-state index contributed by atoms with van der Waals surface area (Å²) in [6, 6.07) is 20.5. The zero-order chi connectivity index (χ0) is 28.0. The maximum absolute atomic E-state index is 13.8. The van der Waals surface area contributed by atoms with E-state index in [1.165, 1.54) is 4.31 Å². The van der Waals surface area contributed by atoms with Crippen molar-refractivity contribution in [3.63, 3.8) is 0 Å². The molecule has 4 rings (SSSR count). The third-order valence-electron chi connectivity index (χ3n) is 6.16. The Bertz CT molecular complexity index is 1570. The van der Waals surface area contributed by atoms with Crippen molar-refractivity contribution in [3.05, 3.63) is 84.2 Å². The Morgan fingerprint density at radius 1 is 1.08 bits per heavy atom. The maximum atomic E-state index is 13.8. The molecule has 0 bridgehead atoms. The molecular weight excluding hydrogens is 518 g/mol. The largest absolute Gasteiger partial charge is 0.486 e. The van der Waals surface area contributed by atoms with Crippen molar-refractivity contribution in [1.82, 2.24) is 9.55 Å². The minimum Gasteiger partial charge on any atom is -0.486 e. The van der Waals surface area contributed by atoms with E-state index in [1.54, 1.807) is 73.7 Å². The second-order valence-corrected chi connectivity index (χ2v) is 10.6. The number of para-hydroxylation sites is 1. The quantitative estimate of drug-likeness (QED) is 0.155. The van der Waals surface area contributed by atoms with Crippen LogP contribution in [0.2, 0.25) is 0 Å². The van der Waals surface area contributed by atoms with Crippen molar-refractivity contribution < 1.29 is 22.7 Å². The summed E-state index contributed by atoms with van der Waals surface area (Å²) in [5, 5.41) is 7.49. The van der Waals surface area contributed by atoms with Gasteiger partial charge >= 0.3 is 5.97 Å². The Kier molecular flexibility index (Phi) is 8.50. The SMILES string of the molecule is CCOC(=O)CCCN(c1ccccc1)S(=O)(=O)c1ccc2c(c1)nc(COc1ccc(C(=N)N)cc1)n2C. The number of fused-ring (bicyclic) bond motifs is 1. The van der Waals surface area contributed by atoms with Crippen molar-refractivity contribution in [2.45, 2.75) is 31.3 Å². The van der Waals surface area contributed by atoms with Gasteiger partial charge in [0.05, 0.1) is 28.2 Å². The van der Waals surface area contributed by atoms with Crippen molar-refractivity contribution in [3.8, 4) is 5.75 Å². The van der Waals surface area contributed by atoms with Gasteiger partial charge in [0.25, 0.3) is 10.0 Å². The summed E-state index contributed by atoms with van der Waals surface area (Å²) < 4.78 is 41.6. The summed E-state index contributed by atoms with van der Waals surface area (Å²) in [7, 11) is -2.11. The van der Waals surface area contributed by atoms with E-state index in [4.69, 9.17) is 20.6 Å². The average Bonchev–Trinajstić information content (AvgIpc) is 3.25. The summed E-state index contributed by atoms with van der Waals surface area (Å²) in [6.07, 6.45) is 0.431. The van der Waals surface area contributed by atoms with Crippen molar-refractivity contribution in [1.29, 1.82) is 5.41 Å². The molecule has 0 radical (unpaired) electrons. The lowest BCUT2D eigenvalue weighted by Gasteiger charge is -2.24. The van der Waals surface area contributed by atoms with Crippen LogP contribution in [0.4, 0.5) is 5.69 Å². The second-order valence-electron chi connectivity index (χ2n) is 8.79. The number of anilines is 1. The van der Waals surface area contributed by atoms with Crippen LogP contribution in [0.3, 0.4) is 0 Å². The van der Waals surface area contributed by atoms with Crippen LogP contribution in [0.5, 0.6) is 5.75 Å². The molecule has 204 valence electrons. The van der Waals surface area contributed by atoms with Gasteiger partial charge in [-0.3, -0.25) is 14.5 Å². The van der Waals surface area contributed by atoms with Gasteiger partial charge in [0.2, 0.25) is 0 Å². The molecule has 0 saturated heterocycles. The fraction of sp³-hybridized carbons (Fsp3) is 0.250. The van der Waals surface area contributed by atoms with E-state index in [9.17, 15) is 13.2 Å². The summed E-state index contributed by atoms with van der Waals surface area (Å²) in [5.41, 5.74) is 7.88. The number of nitrogens with two attached hydrogens (primary N) is 1. The van der Waals surface area contributed by atoms with Crippen LogP contribution in [0.15, 0.2) is 77.7 Å². The number of hydrogen-bond donors (Lipinski definition) is 2. The van der Waals surface area contributed by atoms with Crippen LogP contribution in [0.25, 0.3) is 11.0 Å². The summed E-state index contributed by atoms with van der Waals surface area (Å²) in [6.45, 7) is 2.29. The van der Waals surface area contributed by atoms with Gasteiger partial charge in [0.15, 0.2) is 0 Å². The van der Waals surface area contributed by atoms with Gasteiger partial charge in [-0.05, 0) is 67.9 Å². The first-order valence-corrected chi connectivity index (χ1v) is 13.9. The number of nitrogen functional groups attached to an aromatic ring is 1. The molecule has 0 fully saturated rings. The molecule has 0 unspecified atom stereocenters. The summed E-state index contributed by atoms with van der Waals surface area (Å²) in [4.78, 5) is 16.5. The number of ether oxygens (including phenoxy) is 2. The number of carbonyl (C=O) groups is 1. The van der Waals surface area contributed by atoms with E-state index in [0.717, 1.165) is 5.52 Å². The lowest BCUT2D eigenvalue weighted by molar-refractivity contribution is -0.143. The van der Waals surface area contributed by atoms with Crippen LogP contribution < -0.4 is 14.8 Å². The highest BCUT2D eigenvalue weighted by Gasteiger charge is 2.26.